The first-order valence-corrected chi connectivity index (χ1v) is 15.8. The number of halogens is 3. The Morgan fingerprint density at radius 2 is 1.81 bits per heavy atom. The van der Waals surface area contributed by atoms with Gasteiger partial charge >= 0.3 is 6.18 Å². The zero-order valence-corrected chi connectivity index (χ0v) is 24.7. The number of anilines is 2. The van der Waals surface area contributed by atoms with E-state index >= 15 is 0 Å². The molecule has 0 unspecified atom stereocenters. The highest BCUT2D eigenvalue weighted by atomic mass is 32.2. The fourth-order valence-corrected chi connectivity index (χ4v) is 6.41. The van der Waals surface area contributed by atoms with E-state index in [1.54, 1.807) is 18.2 Å². The quantitative estimate of drug-likeness (QED) is 0.321. The third-order valence-corrected chi connectivity index (χ3v) is 8.90. The van der Waals surface area contributed by atoms with Crippen molar-refractivity contribution in [3.8, 4) is 17.6 Å². The zero-order valence-electron chi connectivity index (χ0n) is 23.9. The number of primary sulfonamides is 1. The third kappa shape index (κ3) is 7.75. The number of nitrogens with one attached hydrogen (secondary N) is 2. The SMILES string of the molecule is COc1cc(S(N)(=O)=O)ccc1NCC#Cc1cc2c(N[C@H]3CC[C@H](N4CCOCC4)CC3)cccc2n1CC(F)(F)F. The van der Waals surface area contributed by atoms with Crippen molar-refractivity contribution >= 4 is 32.3 Å². The van der Waals surface area contributed by atoms with Crippen LogP contribution in [0.25, 0.3) is 10.9 Å². The van der Waals surface area contributed by atoms with Crippen LogP contribution in [0, 0.1) is 11.8 Å². The molecule has 1 aromatic heterocycles. The largest absolute Gasteiger partial charge is 0.495 e. The maximum atomic E-state index is 13.6. The second kappa shape index (κ2) is 13.1. The van der Waals surface area contributed by atoms with Gasteiger partial charge in [-0.1, -0.05) is 12.0 Å². The van der Waals surface area contributed by atoms with Gasteiger partial charge in [0.2, 0.25) is 10.0 Å². The molecule has 43 heavy (non-hydrogen) atoms. The van der Waals surface area contributed by atoms with Crippen LogP contribution in [-0.4, -0.2) is 76.1 Å². The molecule has 0 amide bonds. The molecule has 13 heteroatoms. The summed E-state index contributed by atoms with van der Waals surface area (Å²) in [7, 11) is -2.52. The van der Waals surface area contributed by atoms with Crippen LogP contribution in [0.15, 0.2) is 47.4 Å². The predicted octanol–water partition coefficient (Wildman–Crippen LogP) is 4.38. The van der Waals surface area contributed by atoms with Gasteiger partial charge in [-0.2, -0.15) is 13.2 Å². The second-order valence-corrected chi connectivity index (χ2v) is 12.4. The summed E-state index contributed by atoms with van der Waals surface area (Å²) in [6.07, 6.45) is -0.312. The highest BCUT2D eigenvalue weighted by Gasteiger charge is 2.31. The molecule has 1 saturated heterocycles. The Labute approximate surface area is 249 Å². The van der Waals surface area contributed by atoms with Gasteiger partial charge in [-0.15, -0.1) is 0 Å². The topological polar surface area (TPSA) is 111 Å². The number of nitrogens with zero attached hydrogens (tertiary/aromatic N) is 2. The van der Waals surface area contributed by atoms with Gasteiger partial charge in [-0.05, 0) is 61.9 Å². The standard InChI is InChI=1S/C30H36F3N5O4S/c1-41-29-19-24(43(34,39)40)11-12-27(29)35-13-3-4-23-18-25-26(5-2-6-28(25)38(23)20-30(31,32)33)36-21-7-9-22(10-8-21)37-14-16-42-17-15-37/h2,5-6,11-12,18-19,21-22,35-36H,7-10,13-17,20H2,1H3,(H2,34,39,40)/t21-,22-. The van der Waals surface area contributed by atoms with E-state index < -0.39 is 22.7 Å². The average molecular weight is 620 g/mol. The van der Waals surface area contributed by atoms with Gasteiger partial charge in [0.1, 0.15) is 12.3 Å². The van der Waals surface area contributed by atoms with Crippen LogP contribution < -0.4 is 20.5 Å². The lowest BCUT2D eigenvalue weighted by molar-refractivity contribution is -0.140. The summed E-state index contributed by atoms with van der Waals surface area (Å²) >= 11 is 0. The Hall–Kier alpha value is -3.44. The number of aromatic nitrogens is 1. The fourth-order valence-electron chi connectivity index (χ4n) is 5.88. The Balaban J connectivity index is 1.33. The second-order valence-electron chi connectivity index (χ2n) is 10.8. The first kappa shape index (κ1) is 31.0. The summed E-state index contributed by atoms with van der Waals surface area (Å²) in [4.78, 5) is 2.40. The summed E-state index contributed by atoms with van der Waals surface area (Å²) in [6.45, 7) is 2.40. The average Bonchev–Trinajstić information content (AvgIpc) is 3.32. The molecule has 3 aromatic rings. The highest BCUT2D eigenvalue weighted by molar-refractivity contribution is 7.89. The summed E-state index contributed by atoms with van der Waals surface area (Å²) < 4.78 is 76.1. The summed E-state index contributed by atoms with van der Waals surface area (Å²) in [5, 5.41) is 12.5. The molecular weight excluding hydrogens is 583 g/mol. The molecule has 0 spiro atoms. The van der Waals surface area contributed by atoms with Crippen LogP contribution in [0.5, 0.6) is 5.75 Å². The van der Waals surface area contributed by atoms with Crippen LogP contribution in [0.1, 0.15) is 31.4 Å². The van der Waals surface area contributed by atoms with E-state index in [0.717, 1.165) is 57.7 Å². The molecule has 1 aliphatic heterocycles. The van der Waals surface area contributed by atoms with Crippen LogP contribution in [-0.2, 0) is 21.3 Å². The van der Waals surface area contributed by atoms with Crippen LogP contribution in [0.2, 0.25) is 0 Å². The van der Waals surface area contributed by atoms with Gasteiger partial charge in [0.15, 0.2) is 0 Å². The van der Waals surface area contributed by atoms with Gasteiger partial charge < -0.3 is 24.7 Å². The van der Waals surface area contributed by atoms with Crippen molar-refractivity contribution in [1.29, 1.82) is 0 Å². The van der Waals surface area contributed by atoms with E-state index in [-0.39, 0.29) is 28.9 Å². The number of rotatable bonds is 8. The third-order valence-electron chi connectivity index (χ3n) is 7.99. The van der Waals surface area contributed by atoms with Crippen LogP contribution >= 0.6 is 0 Å². The number of alkyl halides is 3. The molecule has 2 heterocycles. The van der Waals surface area contributed by atoms with E-state index in [9.17, 15) is 21.6 Å². The van der Waals surface area contributed by atoms with E-state index in [0.29, 0.717) is 22.6 Å². The van der Waals surface area contributed by atoms with Crippen molar-refractivity contribution in [2.45, 2.75) is 55.4 Å². The minimum absolute atomic E-state index is 0.0795. The van der Waals surface area contributed by atoms with Crippen molar-refractivity contribution in [1.82, 2.24) is 9.47 Å². The maximum Gasteiger partial charge on any atom is 0.406 e. The van der Waals surface area contributed by atoms with E-state index in [4.69, 9.17) is 14.6 Å². The molecule has 2 aliphatic rings. The van der Waals surface area contributed by atoms with Gasteiger partial charge in [-0.3, -0.25) is 4.90 Å². The van der Waals surface area contributed by atoms with Crippen molar-refractivity contribution in [3.05, 3.63) is 48.2 Å². The molecule has 1 aliphatic carbocycles. The summed E-state index contributed by atoms with van der Waals surface area (Å²) in [6, 6.07) is 12.0. The fraction of sp³-hybridized carbons (Fsp3) is 0.467. The van der Waals surface area contributed by atoms with Gasteiger partial charge in [-0.25, -0.2) is 13.6 Å². The number of benzene rings is 2. The Morgan fingerprint density at radius 1 is 1.07 bits per heavy atom. The van der Waals surface area contributed by atoms with Gasteiger partial charge in [0.25, 0.3) is 0 Å². The minimum Gasteiger partial charge on any atom is -0.495 e. The smallest absolute Gasteiger partial charge is 0.406 e. The number of hydrogen-bond acceptors (Lipinski definition) is 7. The van der Waals surface area contributed by atoms with Crippen LogP contribution in [0.3, 0.4) is 0 Å². The van der Waals surface area contributed by atoms with E-state index in [2.05, 4.69) is 27.4 Å². The first-order chi connectivity index (χ1) is 20.5. The molecule has 2 aromatic carbocycles. The first-order valence-electron chi connectivity index (χ1n) is 14.2. The minimum atomic E-state index is -4.43. The molecule has 0 atom stereocenters. The number of methoxy groups -OCH3 is 1. The van der Waals surface area contributed by atoms with E-state index in [1.165, 1.54) is 29.9 Å². The lowest BCUT2D eigenvalue weighted by Gasteiger charge is -2.39. The lowest BCUT2D eigenvalue weighted by atomic mass is 9.89. The normalized spacial score (nSPS) is 19.9. The molecular formula is C30H36F3N5O4S. The van der Waals surface area contributed by atoms with Crippen molar-refractivity contribution < 1.29 is 31.1 Å². The Morgan fingerprint density at radius 3 is 2.49 bits per heavy atom. The van der Waals surface area contributed by atoms with Crippen molar-refractivity contribution in [3.63, 3.8) is 0 Å². The molecule has 9 nitrogen and oxygen atoms in total. The molecule has 5 rings (SSSR count). The summed E-state index contributed by atoms with van der Waals surface area (Å²) in [5.41, 5.74) is 1.97. The zero-order chi connectivity index (χ0) is 30.6. The number of ether oxygens (including phenoxy) is 2. The van der Waals surface area contributed by atoms with Crippen molar-refractivity contribution in [2.24, 2.45) is 5.14 Å². The number of nitrogens with two attached hydrogens (primary N) is 1. The highest BCUT2D eigenvalue weighted by Crippen LogP contribution is 2.33. The summed E-state index contributed by atoms with van der Waals surface area (Å²) in [5.74, 6) is 6.03. The molecule has 0 bridgehead atoms. The Bertz CT molecular complexity index is 1600. The number of morpholine rings is 1. The van der Waals surface area contributed by atoms with E-state index in [1.807, 2.05) is 6.07 Å². The lowest BCUT2D eigenvalue weighted by Crippen LogP contribution is -2.46. The van der Waals surface area contributed by atoms with Gasteiger partial charge in [0.05, 0.1) is 48.7 Å². The van der Waals surface area contributed by atoms with Gasteiger partial charge in [0, 0.05) is 42.3 Å². The number of sulfonamides is 1. The maximum absolute atomic E-state index is 13.6. The number of hydrogen-bond donors (Lipinski definition) is 3. The van der Waals surface area contributed by atoms with Crippen LogP contribution in [0.4, 0.5) is 24.5 Å². The van der Waals surface area contributed by atoms with Crippen molar-refractivity contribution in [2.75, 3.05) is 50.6 Å². The molecule has 0 radical (unpaired) electrons. The number of fused-ring (bicyclic) bond motifs is 1. The molecule has 1 saturated carbocycles. The Kier molecular flexibility index (Phi) is 9.41. The molecule has 232 valence electrons. The monoisotopic (exact) mass is 619 g/mol. The molecule has 4 N–H and O–H groups in total. The predicted molar refractivity (Wildman–Crippen MR) is 160 cm³/mol. The molecule has 2 fully saturated rings.